The van der Waals surface area contributed by atoms with E-state index in [4.69, 9.17) is 0 Å². The number of benzene rings is 1. The van der Waals surface area contributed by atoms with Gasteiger partial charge in [0.25, 0.3) is 0 Å². The summed E-state index contributed by atoms with van der Waals surface area (Å²) in [7, 11) is 0. The molecule has 2 aromatic heterocycles. The number of nitrogens with zero attached hydrogens (tertiary/aromatic N) is 3. The molecule has 3 aromatic rings. The van der Waals surface area contributed by atoms with Crippen LogP contribution < -0.4 is 5.32 Å². The number of hydrogen-bond acceptors (Lipinski definition) is 4. The molecule has 6 heteroatoms. The third kappa shape index (κ3) is 3.48. The molecule has 0 spiro atoms. The monoisotopic (exact) mass is 342 g/mol. The maximum Gasteiger partial charge on any atom is 0.230 e. The Labute approximate surface area is 145 Å². The van der Waals surface area contributed by atoms with Gasteiger partial charge in [-0.3, -0.25) is 9.48 Å². The topological polar surface area (TPSA) is 59.8 Å². The van der Waals surface area contributed by atoms with Gasteiger partial charge >= 0.3 is 0 Å². The zero-order chi connectivity index (χ0) is 17.3. The van der Waals surface area contributed by atoms with Crippen molar-refractivity contribution in [2.75, 3.05) is 5.32 Å². The number of para-hydroxylation sites is 1. The second kappa shape index (κ2) is 6.73. The number of fused-ring (bicyclic) bond motifs is 1. The van der Waals surface area contributed by atoms with Crippen LogP contribution in [0.3, 0.4) is 0 Å². The first-order valence-corrected chi connectivity index (χ1v) is 8.94. The lowest BCUT2D eigenvalue weighted by Gasteiger charge is -2.08. The number of anilines is 1. The Kier molecular flexibility index (Phi) is 4.66. The van der Waals surface area contributed by atoms with Crippen molar-refractivity contribution in [1.29, 1.82) is 0 Å². The molecule has 0 aliphatic rings. The van der Waals surface area contributed by atoms with E-state index in [0.717, 1.165) is 33.7 Å². The molecule has 0 atom stereocenters. The fourth-order valence-corrected chi connectivity index (χ4v) is 3.65. The van der Waals surface area contributed by atoms with Gasteiger partial charge in [0.1, 0.15) is 0 Å². The van der Waals surface area contributed by atoms with Crippen molar-refractivity contribution in [2.45, 2.75) is 40.7 Å². The Morgan fingerprint density at radius 1 is 1.29 bits per heavy atom. The Balaban J connectivity index is 1.74. The minimum atomic E-state index is -0.0515. The highest BCUT2D eigenvalue weighted by Gasteiger charge is 2.16. The number of hydrogen-bond donors (Lipinski definition) is 1. The van der Waals surface area contributed by atoms with Crippen molar-refractivity contribution in [3.05, 3.63) is 41.2 Å². The van der Waals surface area contributed by atoms with E-state index in [1.165, 1.54) is 11.3 Å². The molecule has 1 N–H and O–H groups in total. The molecule has 0 fully saturated rings. The average molecular weight is 342 g/mol. The zero-order valence-electron chi connectivity index (χ0n) is 14.5. The summed E-state index contributed by atoms with van der Waals surface area (Å²) in [6, 6.07) is 7.88. The molecule has 0 radical (unpaired) electrons. The van der Waals surface area contributed by atoms with Crippen LogP contribution in [-0.2, 0) is 17.8 Å². The highest BCUT2D eigenvalue weighted by molar-refractivity contribution is 7.22. The largest absolute Gasteiger partial charge is 0.302 e. The van der Waals surface area contributed by atoms with Gasteiger partial charge in [0.2, 0.25) is 5.91 Å². The van der Waals surface area contributed by atoms with Gasteiger partial charge in [0, 0.05) is 17.8 Å². The van der Waals surface area contributed by atoms with E-state index < -0.39 is 0 Å². The molecule has 24 heavy (non-hydrogen) atoms. The first-order chi connectivity index (χ1) is 11.4. The third-order valence-electron chi connectivity index (χ3n) is 3.95. The highest BCUT2D eigenvalue weighted by Crippen LogP contribution is 2.25. The lowest BCUT2D eigenvalue weighted by Crippen LogP contribution is -2.15. The first kappa shape index (κ1) is 16.6. The molecule has 1 amide bonds. The lowest BCUT2D eigenvalue weighted by atomic mass is 10.1. The Morgan fingerprint density at radius 2 is 2.04 bits per heavy atom. The van der Waals surface area contributed by atoms with Crippen molar-refractivity contribution >= 4 is 32.6 Å². The summed E-state index contributed by atoms with van der Waals surface area (Å²) in [5, 5.41) is 8.13. The first-order valence-electron chi connectivity index (χ1n) is 8.12. The molecule has 0 aliphatic carbocycles. The number of thiazole rings is 1. The molecule has 0 saturated carbocycles. The van der Waals surface area contributed by atoms with Gasteiger partial charge in [-0.1, -0.05) is 37.3 Å². The van der Waals surface area contributed by atoms with Crippen LogP contribution in [-0.4, -0.2) is 20.7 Å². The fourth-order valence-electron chi connectivity index (χ4n) is 2.76. The van der Waals surface area contributed by atoms with Crippen LogP contribution in [0, 0.1) is 19.8 Å². The fraction of sp³-hybridized carbons (Fsp3) is 0.389. The van der Waals surface area contributed by atoms with Crippen LogP contribution in [0.4, 0.5) is 5.13 Å². The van der Waals surface area contributed by atoms with E-state index in [2.05, 4.69) is 29.2 Å². The van der Waals surface area contributed by atoms with Crippen LogP contribution in [0.5, 0.6) is 0 Å². The van der Waals surface area contributed by atoms with Crippen LogP contribution in [0.1, 0.15) is 30.8 Å². The smallest absolute Gasteiger partial charge is 0.230 e. The molecule has 0 saturated heterocycles. The SMILES string of the molecule is Cc1nn(CC(C)C)c(C)c1CC(=O)Nc1nc2ccccc2s1. The number of nitrogens with one attached hydrogen (secondary N) is 1. The summed E-state index contributed by atoms with van der Waals surface area (Å²) in [6.45, 7) is 9.19. The summed E-state index contributed by atoms with van der Waals surface area (Å²) < 4.78 is 3.07. The van der Waals surface area contributed by atoms with Crippen molar-refractivity contribution in [1.82, 2.24) is 14.8 Å². The zero-order valence-corrected chi connectivity index (χ0v) is 15.3. The second-order valence-corrected chi connectivity index (χ2v) is 7.47. The van der Waals surface area contributed by atoms with Gasteiger partial charge in [0.15, 0.2) is 5.13 Å². The number of aromatic nitrogens is 3. The molecule has 2 heterocycles. The van der Waals surface area contributed by atoms with Gasteiger partial charge in [-0.2, -0.15) is 5.10 Å². The molecular formula is C18H22N4OS. The van der Waals surface area contributed by atoms with Crippen LogP contribution in [0.2, 0.25) is 0 Å². The molecule has 3 rings (SSSR count). The van der Waals surface area contributed by atoms with Gasteiger partial charge in [-0.25, -0.2) is 4.98 Å². The minimum Gasteiger partial charge on any atom is -0.302 e. The summed E-state index contributed by atoms with van der Waals surface area (Å²) in [5.74, 6) is 0.469. The van der Waals surface area contributed by atoms with Crippen LogP contribution in [0.15, 0.2) is 24.3 Å². The number of carbonyl (C=O) groups excluding carboxylic acids is 1. The predicted molar refractivity (Wildman–Crippen MR) is 98.5 cm³/mol. The standard InChI is InChI=1S/C18H22N4OS/c1-11(2)10-22-13(4)14(12(3)21-22)9-17(23)20-18-19-15-7-5-6-8-16(15)24-18/h5-8,11H,9-10H2,1-4H3,(H,19,20,23). The van der Waals surface area contributed by atoms with Crippen molar-refractivity contribution in [2.24, 2.45) is 5.92 Å². The normalized spacial score (nSPS) is 11.4. The van der Waals surface area contributed by atoms with Crippen LogP contribution >= 0.6 is 11.3 Å². The Bertz CT molecular complexity index is 845. The highest BCUT2D eigenvalue weighted by atomic mass is 32.1. The van der Waals surface area contributed by atoms with Crippen molar-refractivity contribution < 1.29 is 4.79 Å². The summed E-state index contributed by atoms with van der Waals surface area (Å²) in [6.07, 6.45) is 0.325. The molecule has 126 valence electrons. The van der Waals surface area contributed by atoms with E-state index in [1.807, 2.05) is 42.8 Å². The number of amides is 1. The van der Waals surface area contributed by atoms with E-state index >= 15 is 0 Å². The quantitative estimate of drug-likeness (QED) is 0.764. The summed E-state index contributed by atoms with van der Waals surface area (Å²) >= 11 is 1.49. The van der Waals surface area contributed by atoms with Crippen LogP contribution in [0.25, 0.3) is 10.2 Å². The molecule has 0 bridgehead atoms. The lowest BCUT2D eigenvalue weighted by molar-refractivity contribution is -0.115. The van der Waals surface area contributed by atoms with Gasteiger partial charge in [0.05, 0.1) is 22.3 Å². The number of rotatable bonds is 5. The van der Waals surface area contributed by atoms with E-state index in [-0.39, 0.29) is 5.91 Å². The summed E-state index contributed by atoms with van der Waals surface area (Å²) in [4.78, 5) is 16.9. The second-order valence-electron chi connectivity index (χ2n) is 6.44. The third-order valence-corrected chi connectivity index (χ3v) is 4.90. The van der Waals surface area contributed by atoms with Crippen molar-refractivity contribution in [3.63, 3.8) is 0 Å². The molecule has 0 aliphatic heterocycles. The molecule has 1 aromatic carbocycles. The molecule has 5 nitrogen and oxygen atoms in total. The van der Waals surface area contributed by atoms with E-state index in [1.54, 1.807) is 0 Å². The number of carbonyl (C=O) groups is 1. The average Bonchev–Trinajstić information content (AvgIpc) is 3.02. The Hall–Kier alpha value is -2.21. The van der Waals surface area contributed by atoms with E-state index in [0.29, 0.717) is 17.5 Å². The summed E-state index contributed by atoms with van der Waals surface area (Å²) in [5.41, 5.74) is 3.91. The van der Waals surface area contributed by atoms with Crippen molar-refractivity contribution in [3.8, 4) is 0 Å². The molecular weight excluding hydrogens is 320 g/mol. The number of aryl methyl sites for hydroxylation is 1. The Morgan fingerprint density at radius 3 is 2.75 bits per heavy atom. The molecule has 0 unspecified atom stereocenters. The van der Waals surface area contributed by atoms with Gasteiger partial charge in [-0.05, 0) is 31.9 Å². The van der Waals surface area contributed by atoms with E-state index in [9.17, 15) is 4.79 Å². The van der Waals surface area contributed by atoms with Gasteiger partial charge in [-0.15, -0.1) is 0 Å². The van der Waals surface area contributed by atoms with Gasteiger partial charge < -0.3 is 5.32 Å². The maximum absolute atomic E-state index is 12.4. The minimum absolute atomic E-state index is 0.0515. The maximum atomic E-state index is 12.4. The predicted octanol–water partition coefficient (Wildman–Crippen LogP) is 3.95.